The summed E-state index contributed by atoms with van der Waals surface area (Å²) in [7, 11) is 3.97. The van der Waals surface area contributed by atoms with Crippen LogP contribution in [0.4, 0.5) is 0 Å². The Bertz CT molecular complexity index is 248. The third-order valence-corrected chi connectivity index (χ3v) is 3.33. The monoisotopic (exact) mass is 230 g/mol. The fraction of sp³-hybridized carbons (Fsp3) is 0.909. The topological polar surface area (TPSA) is 64.0 Å². The van der Waals surface area contributed by atoms with Crippen molar-refractivity contribution in [2.24, 2.45) is 0 Å². The van der Waals surface area contributed by atoms with Gasteiger partial charge in [0.25, 0.3) is 0 Å². The molecule has 0 aromatic heterocycles. The van der Waals surface area contributed by atoms with E-state index in [4.69, 9.17) is 5.11 Å². The average Bonchev–Trinajstić information content (AvgIpc) is 2.17. The summed E-state index contributed by atoms with van der Waals surface area (Å²) < 4.78 is 0. The molecular formula is C11H22N2O3. The van der Waals surface area contributed by atoms with Crippen LogP contribution < -0.4 is 0 Å². The number of likely N-dealkylation sites (tertiary alicyclic amines) is 1. The smallest absolute Gasteiger partial charge is 0.336 e. The predicted octanol–water partition coefficient (Wildman–Crippen LogP) is -0.152. The lowest BCUT2D eigenvalue weighted by molar-refractivity contribution is -0.158. The van der Waals surface area contributed by atoms with Gasteiger partial charge in [-0.05, 0) is 47.0 Å². The molecule has 0 aliphatic carbocycles. The van der Waals surface area contributed by atoms with Crippen molar-refractivity contribution in [3.8, 4) is 0 Å². The zero-order valence-corrected chi connectivity index (χ0v) is 10.3. The van der Waals surface area contributed by atoms with Crippen LogP contribution in [0.2, 0.25) is 0 Å². The second kappa shape index (κ2) is 5.12. The fourth-order valence-corrected chi connectivity index (χ4v) is 2.12. The van der Waals surface area contributed by atoms with Gasteiger partial charge in [-0.2, -0.15) is 0 Å². The quantitative estimate of drug-likeness (QED) is 0.703. The summed E-state index contributed by atoms with van der Waals surface area (Å²) in [5.74, 6) is -1.16. The fourth-order valence-electron chi connectivity index (χ4n) is 2.12. The van der Waals surface area contributed by atoms with E-state index in [9.17, 15) is 9.90 Å². The molecule has 0 saturated carbocycles. The van der Waals surface area contributed by atoms with Gasteiger partial charge in [0, 0.05) is 12.6 Å². The zero-order chi connectivity index (χ0) is 12.3. The minimum Gasteiger partial charge on any atom is -0.479 e. The number of carbonyl (C=O) groups is 1. The standard InChI is InChI=1S/C11H22N2O3/c1-11(16,10(14)15)8-13(3)9-4-6-12(2)7-5-9/h9,16H,4-8H2,1-3H3,(H,14,15). The summed E-state index contributed by atoms with van der Waals surface area (Å²) in [5.41, 5.74) is -1.65. The maximum Gasteiger partial charge on any atom is 0.336 e. The van der Waals surface area contributed by atoms with Crippen LogP contribution in [0.3, 0.4) is 0 Å². The third kappa shape index (κ3) is 3.43. The minimum absolute atomic E-state index is 0.177. The van der Waals surface area contributed by atoms with Gasteiger partial charge in [0.2, 0.25) is 0 Å². The van der Waals surface area contributed by atoms with Gasteiger partial charge in [-0.3, -0.25) is 4.90 Å². The molecule has 1 atom stereocenters. The molecule has 1 fully saturated rings. The third-order valence-electron chi connectivity index (χ3n) is 3.33. The van der Waals surface area contributed by atoms with Crippen LogP contribution in [0.25, 0.3) is 0 Å². The van der Waals surface area contributed by atoms with E-state index in [1.807, 2.05) is 11.9 Å². The number of aliphatic hydroxyl groups is 1. The predicted molar refractivity (Wildman–Crippen MR) is 61.4 cm³/mol. The first kappa shape index (κ1) is 13.4. The summed E-state index contributed by atoms with van der Waals surface area (Å²) in [6.45, 7) is 3.59. The highest BCUT2D eigenvalue weighted by molar-refractivity contribution is 5.76. The van der Waals surface area contributed by atoms with Crippen LogP contribution in [0, 0.1) is 0 Å². The van der Waals surface area contributed by atoms with Gasteiger partial charge in [-0.1, -0.05) is 0 Å². The van der Waals surface area contributed by atoms with Gasteiger partial charge in [0.15, 0.2) is 5.60 Å². The Morgan fingerprint density at radius 1 is 1.50 bits per heavy atom. The molecule has 16 heavy (non-hydrogen) atoms. The van der Waals surface area contributed by atoms with E-state index in [2.05, 4.69) is 11.9 Å². The van der Waals surface area contributed by atoms with E-state index in [0.717, 1.165) is 25.9 Å². The largest absolute Gasteiger partial charge is 0.479 e. The van der Waals surface area contributed by atoms with Crippen LogP contribution in [-0.4, -0.2) is 71.4 Å². The van der Waals surface area contributed by atoms with Gasteiger partial charge in [0.1, 0.15) is 0 Å². The molecule has 94 valence electrons. The van der Waals surface area contributed by atoms with E-state index in [0.29, 0.717) is 6.04 Å². The van der Waals surface area contributed by atoms with Gasteiger partial charge < -0.3 is 15.1 Å². The molecule has 5 nitrogen and oxygen atoms in total. The number of nitrogens with zero attached hydrogens (tertiary/aromatic N) is 2. The molecular weight excluding hydrogens is 208 g/mol. The molecule has 0 spiro atoms. The van der Waals surface area contributed by atoms with E-state index >= 15 is 0 Å². The molecule has 1 aliphatic rings. The van der Waals surface area contributed by atoms with Gasteiger partial charge in [-0.15, -0.1) is 0 Å². The van der Waals surface area contributed by atoms with Crippen molar-refractivity contribution in [1.82, 2.24) is 9.80 Å². The summed E-state index contributed by atoms with van der Waals surface area (Å²) in [4.78, 5) is 15.0. The van der Waals surface area contributed by atoms with Crippen molar-refractivity contribution in [3.63, 3.8) is 0 Å². The Kier molecular flexibility index (Phi) is 4.29. The lowest BCUT2D eigenvalue weighted by atomic mass is 10.0. The van der Waals surface area contributed by atoms with Crippen LogP contribution >= 0.6 is 0 Å². The normalized spacial score (nSPS) is 23.3. The van der Waals surface area contributed by atoms with E-state index in [-0.39, 0.29) is 6.54 Å². The number of carboxylic acid groups (broad SMARTS) is 1. The molecule has 0 radical (unpaired) electrons. The number of carboxylic acids is 1. The highest BCUT2D eigenvalue weighted by atomic mass is 16.4. The molecule has 0 aromatic carbocycles. The molecule has 5 heteroatoms. The SMILES string of the molecule is CN1CCC(N(C)CC(C)(O)C(=O)O)CC1. The van der Waals surface area contributed by atoms with Crippen molar-refractivity contribution in [2.75, 3.05) is 33.7 Å². The number of hydrogen-bond acceptors (Lipinski definition) is 4. The summed E-state index contributed by atoms with van der Waals surface area (Å²) in [6.07, 6.45) is 2.06. The first-order valence-electron chi connectivity index (χ1n) is 5.67. The van der Waals surface area contributed by atoms with Crippen molar-refractivity contribution < 1.29 is 15.0 Å². The van der Waals surface area contributed by atoms with Crippen LogP contribution in [0.5, 0.6) is 0 Å². The Morgan fingerprint density at radius 3 is 2.44 bits per heavy atom. The Labute approximate surface area is 96.7 Å². The average molecular weight is 230 g/mol. The number of piperidine rings is 1. The highest BCUT2D eigenvalue weighted by Crippen LogP contribution is 2.16. The zero-order valence-electron chi connectivity index (χ0n) is 10.3. The molecule has 1 saturated heterocycles. The molecule has 0 bridgehead atoms. The van der Waals surface area contributed by atoms with Gasteiger partial charge in [0.05, 0.1) is 0 Å². The van der Waals surface area contributed by atoms with Crippen molar-refractivity contribution in [2.45, 2.75) is 31.4 Å². The Hall–Kier alpha value is -0.650. The van der Waals surface area contributed by atoms with E-state index in [1.165, 1.54) is 6.92 Å². The Morgan fingerprint density at radius 2 is 2.00 bits per heavy atom. The number of hydrogen-bond donors (Lipinski definition) is 2. The molecule has 1 unspecified atom stereocenters. The van der Waals surface area contributed by atoms with Gasteiger partial charge >= 0.3 is 5.97 Å². The maximum absolute atomic E-state index is 10.8. The first-order chi connectivity index (χ1) is 7.33. The molecule has 1 rings (SSSR count). The minimum atomic E-state index is -1.65. The highest BCUT2D eigenvalue weighted by Gasteiger charge is 2.33. The summed E-state index contributed by atoms with van der Waals surface area (Å²) in [5, 5.41) is 18.5. The second-order valence-electron chi connectivity index (χ2n) is 5.03. The lowest BCUT2D eigenvalue weighted by Crippen LogP contribution is -2.50. The van der Waals surface area contributed by atoms with E-state index in [1.54, 1.807) is 0 Å². The molecule has 1 heterocycles. The molecule has 0 aromatic rings. The van der Waals surface area contributed by atoms with Crippen molar-refractivity contribution in [3.05, 3.63) is 0 Å². The van der Waals surface area contributed by atoms with Crippen LogP contribution in [0.1, 0.15) is 19.8 Å². The number of rotatable bonds is 4. The van der Waals surface area contributed by atoms with Crippen LogP contribution in [0.15, 0.2) is 0 Å². The van der Waals surface area contributed by atoms with E-state index < -0.39 is 11.6 Å². The number of likely N-dealkylation sites (N-methyl/N-ethyl adjacent to an activating group) is 1. The first-order valence-corrected chi connectivity index (χ1v) is 5.67. The molecule has 2 N–H and O–H groups in total. The van der Waals surface area contributed by atoms with Gasteiger partial charge in [-0.25, -0.2) is 4.79 Å². The molecule has 0 amide bonds. The van der Waals surface area contributed by atoms with Crippen molar-refractivity contribution in [1.29, 1.82) is 0 Å². The molecule has 1 aliphatic heterocycles. The summed E-state index contributed by atoms with van der Waals surface area (Å²) >= 11 is 0. The number of aliphatic carboxylic acids is 1. The van der Waals surface area contributed by atoms with Crippen molar-refractivity contribution >= 4 is 5.97 Å². The Balaban J connectivity index is 2.46. The second-order valence-corrected chi connectivity index (χ2v) is 5.03. The van der Waals surface area contributed by atoms with Crippen LogP contribution in [-0.2, 0) is 4.79 Å². The lowest BCUT2D eigenvalue weighted by Gasteiger charge is -2.37. The summed E-state index contributed by atoms with van der Waals surface area (Å²) in [6, 6.07) is 0.377. The maximum atomic E-state index is 10.8.